The van der Waals surface area contributed by atoms with Crippen LogP contribution in [0.3, 0.4) is 0 Å². The number of carbonyl (C=O) groups is 2. The van der Waals surface area contributed by atoms with Gasteiger partial charge in [-0.1, -0.05) is 31.4 Å². The number of hydrogen-bond acceptors (Lipinski definition) is 6. The number of benzene rings is 2. The third-order valence-corrected chi connectivity index (χ3v) is 5.50. The van der Waals surface area contributed by atoms with Gasteiger partial charge in [0.05, 0.1) is 0 Å². The maximum atomic E-state index is 12.0. The normalized spacial score (nSPS) is 14.7. The number of para-hydroxylation sites is 1. The van der Waals surface area contributed by atoms with Gasteiger partial charge in [-0.25, -0.2) is 9.59 Å². The van der Waals surface area contributed by atoms with E-state index >= 15 is 0 Å². The minimum absolute atomic E-state index is 0.0352. The molecule has 1 fully saturated rings. The molecule has 2 aromatic carbocycles. The molecule has 0 radical (unpaired) electrons. The minimum atomic E-state index is -1.11. The lowest BCUT2D eigenvalue weighted by molar-refractivity contribution is 0.0693. The zero-order chi connectivity index (χ0) is 26.6. The number of nitrogens with one attached hydrogen (secondary N) is 3. The summed E-state index contributed by atoms with van der Waals surface area (Å²) in [6, 6.07) is 13.1. The van der Waals surface area contributed by atoms with E-state index in [1.165, 1.54) is 31.4 Å². The van der Waals surface area contributed by atoms with Crippen LogP contribution >= 0.6 is 0 Å². The minimum Gasteiger partial charge on any atom is -0.507 e. The van der Waals surface area contributed by atoms with Crippen LogP contribution in [0.2, 0.25) is 0 Å². The number of urea groups is 1. The van der Waals surface area contributed by atoms with Crippen LogP contribution in [0.5, 0.6) is 11.5 Å². The molecule has 2 amide bonds. The Morgan fingerprint density at radius 3 is 2.22 bits per heavy atom. The number of phenols is 1. The Kier molecular flexibility index (Phi) is 11.5. The number of aliphatic hydroxyl groups is 1. The van der Waals surface area contributed by atoms with Crippen LogP contribution in [0.25, 0.3) is 0 Å². The summed E-state index contributed by atoms with van der Waals surface area (Å²) < 4.78 is 5.60. The molecule has 2 aromatic rings. The van der Waals surface area contributed by atoms with Gasteiger partial charge in [-0.05, 0) is 70.0 Å². The fraction of sp³-hybridized carbons (Fsp3) is 0.481. The molecule has 0 aliphatic heterocycles. The van der Waals surface area contributed by atoms with E-state index in [9.17, 15) is 14.7 Å². The Labute approximate surface area is 212 Å². The fourth-order valence-corrected chi connectivity index (χ4v) is 3.56. The van der Waals surface area contributed by atoms with Crippen molar-refractivity contribution in [3.8, 4) is 11.5 Å². The molecule has 198 valence electrons. The summed E-state index contributed by atoms with van der Waals surface area (Å²) in [5.41, 5.74) is 0.620. The van der Waals surface area contributed by atoms with Crippen molar-refractivity contribution < 1.29 is 29.6 Å². The highest BCUT2D eigenvalue weighted by Crippen LogP contribution is 2.19. The molecule has 1 unspecified atom stereocenters. The van der Waals surface area contributed by atoms with E-state index < -0.39 is 12.1 Å². The predicted molar refractivity (Wildman–Crippen MR) is 140 cm³/mol. The number of aromatic carboxylic acids is 1. The SMILES string of the molecule is CC(C)(C)NCC(O)COc1ccc(NC(=O)NC2CCCCC2)cc1.O=C(O)c1ccccc1O. The number of carbonyl (C=O) groups excluding carboxylic acids is 1. The number of anilines is 1. The third kappa shape index (κ3) is 11.4. The van der Waals surface area contributed by atoms with Crippen molar-refractivity contribution in [2.24, 2.45) is 0 Å². The summed E-state index contributed by atoms with van der Waals surface area (Å²) in [5.74, 6) is -0.647. The average molecular weight is 502 g/mol. The lowest BCUT2D eigenvalue weighted by atomic mass is 9.96. The molecular weight excluding hydrogens is 462 g/mol. The first-order valence-electron chi connectivity index (χ1n) is 12.3. The van der Waals surface area contributed by atoms with E-state index in [-0.39, 0.29) is 35.5 Å². The Morgan fingerprint density at radius 2 is 1.67 bits per heavy atom. The maximum absolute atomic E-state index is 12.0. The van der Waals surface area contributed by atoms with Gasteiger partial charge in [0.2, 0.25) is 0 Å². The van der Waals surface area contributed by atoms with Crippen molar-refractivity contribution in [3.05, 3.63) is 54.1 Å². The molecule has 0 saturated heterocycles. The molecular formula is C27H39N3O6. The van der Waals surface area contributed by atoms with E-state index in [4.69, 9.17) is 14.9 Å². The van der Waals surface area contributed by atoms with Crippen molar-refractivity contribution >= 4 is 17.7 Å². The molecule has 1 saturated carbocycles. The second-order valence-corrected chi connectivity index (χ2v) is 9.88. The Balaban J connectivity index is 0.000000380. The highest BCUT2D eigenvalue weighted by atomic mass is 16.5. The van der Waals surface area contributed by atoms with E-state index in [1.807, 2.05) is 0 Å². The summed E-state index contributed by atoms with van der Waals surface area (Å²) in [6.45, 7) is 6.85. The molecule has 1 atom stereocenters. The number of amides is 2. The third-order valence-electron chi connectivity index (χ3n) is 5.50. The average Bonchev–Trinajstić information content (AvgIpc) is 2.83. The summed E-state index contributed by atoms with van der Waals surface area (Å²) in [5, 5.41) is 36.4. The predicted octanol–water partition coefficient (Wildman–Crippen LogP) is 4.36. The Hall–Kier alpha value is -3.30. The molecule has 0 aromatic heterocycles. The molecule has 3 rings (SSSR count). The molecule has 0 spiro atoms. The highest BCUT2D eigenvalue weighted by Gasteiger charge is 2.16. The van der Waals surface area contributed by atoms with Gasteiger partial charge in [0.15, 0.2) is 0 Å². The maximum Gasteiger partial charge on any atom is 0.339 e. The number of β-amino-alcohol motifs (C(OH)–C–C–N with tert-alkyl or cyclic N) is 1. The zero-order valence-corrected chi connectivity index (χ0v) is 21.3. The second-order valence-electron chi connectivity index (χ2n) is 9.88. The second kappa shape index (κ2) is 14.3. The first kappa shape index (κ1) is 28.9. The monoisotopic (exact) mass is 501 g/mol. The van der Waals surface area contributed by atoms with Crippen molar-refractivity contribution in [1.29, 1.82) is 0 Å². The molecule has 0 heterocycles. The van der Waals surface area contributed by atoms with Crippen molar-refractivity contribution in [3.63, 3.8) is 0 Å². The smallest absolute Gasteiger partial charge is 0.339 e. The lowest BCUT2D eigenvalue weighted by Crippen LogP contribution is -2.42. The molecule has 9 nitrogen and oxygen atoms in total. The van der Waals surface area contributed by atoms with Crippen LogP contribution in [-0.4, -0.2) is 58.2 Å². The number of aromatic hydroxyl groups is 1. The van der Waals surface area contributed by atoms with E-state index in [0.29, 0.717) is 12.3 Å². The van der Waals surface area contributed by atoms with Crippen molar-refractivity contribution in [1.82, 2.24) is 10.6 Å². The molecule has 36 heavy (non-hydrogen) atoms. The molecule has 0 bridgehead atoms. The number of ether oxygens (including phenoxy) is 1. The Morgan fingerprint density at radius 1 is 1.03 bits per heavy atom. The number of hydrogen-bond donors (Lipinski definition) is 6. The van der Waals surface area contributed by atoms with Gasteiger partial charge < -0.3 is 36.0 Å². The largest absolute Gasteiger partial charge is 0.507 e. The van der Waals surface area contributed by atoms with Crippen molar-refractivity contribution in [2.75, 3.05) is 18.5 Å². The first-order chi connectivity index (χ1) is 17.0. The van der Waals surface area contributed by atoms with Crippen LogP contribution in [0.15, 0.2) is 48.5 Å². The van der Waals surface area contributed by atoms with Crippen LogP contribution in [0, 0.1) is 0 Å². The van der Waals surface area contributed by atoms with Crippen LogP contribution in [-0.2, 0) is 0 Å². The van der Waals surface area contributed by atoms with Gasteiger partial charge in [0, 0.05) is 23.8 Å². The number of aliphatic hydroxyl groups excluding tert-OH is 1. The Bertz CT molecular complexity index is 953. The van der Waals surface area contributed by atoms with Crippen molar-refractivity contribution in [2.45, 2.75) is 70.6 Å². The molecule has 1 aliphatic carbocycles. The highest BCUT2D eigenvalue weighted by molar-refractivity contribution is 5.90. The van der Waals surface area contributed by atoms with E-state index in [0.717, 1.165) is 18.5 Å². The molecule has 1 aliphatic rings. The number of rotatable bonds is 8. The number of carboxylic acids is 1. The van der Waals surface area contributed by atoms with Gasteiger partial charge in [0.1, 0.15) is 29.8 Å². The van der Waals surface area contributed by atoms with Gasteiger partial charge in [0.25, 0.3) is 0 Å². The van der Waals surface area contributed by atoms with Crippen LogP contribution < -0.4 is 20.7 Å². The van der Waals surface area contributed by atoms with Gasteiger partial charge in [-0.15, -0.1) is 0 Å². The fourth-order valence-electron chi connectivity index (χ4n) is 3.56. The van der Waals surface area contributed by atoms with Crippen LogP contribution in [0.4, 0.5) is 10.5 Å². The number of carboxylic acid groups (broad SMARTS) is 1. The molecule has 9 heteroatoms. The summed E-state index contributed by atoms with van der Waals surface area (Å²) in [7, 11) is 0. The van der Waals surface area contributed by atoms with Gasteiger partial charge >= 0.3 is 12.0 Å². The first-order valence-corrected chi connectivity index (χ1v) is 12.3. The zero-order valence-electron chi connectivity index (χ0n) is 21.3. The summed E-state index contributed by atoms with van der Waals surface area (Å²) in [6.07, 6.45) is 5.19. The van der Waals surface area contributed by atoms with Gasteiger partial charge in [-0.2, -0.15) is 0 Å². The summed E-state index contributed by atoms with van der Waals surface area (Å²) >= 11 is 0. The van der Waals surface area contributed by atoms with E-state index in [1.54, 1.807) is 36.4 Å². The van der Waals surface area contributed by atoms with E-state index in [2.05, 4.69) is 36.7 Å². The summed E-state index contributed by atoms with van der Waals surface area (Å²) in [4.78, 5) is 22.3. The lowest BCUT2D eigenvalue weighted by Gasteiger charge is -2.23. The van der Waals surface area contributed by atoms with Gasteiger partial charge in [-0.3, -0.25) is 0 Å². The molecule has 6 N–H and O–H groups in total. The topological polar surface area (TPSA) is 140 Å². The van der Waals surface area contributed by atoms with Crippen LogP contribution in [0.1, 0.15) is 63.2 Å². The standard InChI is InChI=1S/C20H33N3O3.C7H6O3/c1-20(2,3)21-13-17(24)14-26-18-11-9-16(10-12-18)23-19(25)22-15-7-5-4-6-8-15;8-6-4-2-1-3-5(6)7(9)10/h9-12,15,17,21,24H,4-8,13-14H2,1-3H3,(H2,22,23,25);1-4,8H,(H,9,10). The quantitative estimate of drug-likeness (QED) is 0.316.